The maximum absolute atomic E-state index is 11.9. The first kappa shape index (κ1) is 69.6. The number of hydrogen-bond donors (Lipinski definition) is 1. The van der Waals surface area contributed by atoms with Crippen LogP contribution in [0.3, 0.4) is 0 Å². The van der Waals surface area contributed by atoms with Crippen molar-refractivity contribution in [2.75, 3.05) is 0 Å². The number of rotatable bonds is 11. The van der Waals surface area contributed by atoms with Crippen LogP contribution in [0.15, 0.2) is 266 Å². The third-order valence-corrected chi connectivity index (χ3v) is 18.2. The van der Waals surface area contributed by atoms with Gasteiger partial charge in [-0.15, -0.1) is 0 Å². The maximum atomic E-state index is 11.9. The molecule has 0 amide bonds. The fraction of sp³-hybridized carbons (Fsp3) is 0.294. The van der Waals surface area contributed by atoms with Crippen LogP contribution in [0.5, 0.6) is 0 Å². The third kappa shape index (κ3) is 22.2. The van der Waals surface area contributed by atoms with Gasteiger partial charge in [0.1, 0.15) is 17.9 Å². The van der Waals surface area contributed by atoms with E-state index < -0.39 is 0 Å². The Kier molecular flexibility index (Phi) is 27.0. The Labute approximate surface area is 552 Å². The summed E-state index contributed by atoms with van der Waals surface area (Å²) in [5, 5.41) is 14.1. The molecule has 13 rings (SSSR count). The predicted octanol–water partition coefficient (Wildman–Crippen LogP) is 19.7. The predicted molar refractivity (Wildman–Crippen MR) is 382 cm³/mol. The lowest BCUT2D eigenvalue weighted by Gasteiger charge is -2.39. The van der Waals surface area contributed by atoms with E-state index in [0.717, 1.165) is 59.8 Å². The molecule has 3 saturated carbocycles. The fourth-order valence-electron chi connectivity index (χ4n) is 13.8. The number of aliphatic hydroxyl groups excluding tert-OH is 1. The standard InChI is InChI=1S/C17H19N3.C17H20O.C17H18O.C17H16O.C9H10O.C8H8O/c1-12-5-4-7-13(9-12)17-11-15(19-20-18)10-14-6-2-3-8-16(14)17;2*1-12-5-4-7-13(9-12)17-11-15(18)10-14-6-2-3-8-16(14)17;1-14-6-5-9-16(12-14)10-11-17(18)13-15-7-3-2-4-8-15;1-8(10)7-9-5-3-2-4-6-9;1-7-3-2-4-8(5-7)6-9/h2-9,14-17H,10-11H2,1H3;2-9,14-18H,10-11H2,1H3;2-9,14,16-17H,10-11H2,1H3;2-12H,13H2,1H3;2-6H,7H2,1H3;2-6H,1H3/b;;;11-10+;;. The average molecular weight is 1230 g/mol. The number of fused-ring (bicyclic) bond motifs is 3. The number of aldehydes is 1. The van der Waals surface area contributed by atoms with Gasteiger partial charge in [-0.3, -0.25) is 19.2 Å². The van der Waals surface area contributed by atoms with Crippen LogP contribution in [0.25, 0.3) is 16.5 Å². The summed E-state index contributed by atoms with van der Waals surface area (Å²) in [4.78, 5) is 47.5. The van der Waals surface area contributed by atoms with Gasteiger partial charge in [0.2, 0.25) is 0 Å². The van der Waals surface area contributed by atoms with Gasteiger partial charge < -0.3 is 5.11 Å². The van der Waals surface area contributed by atoms with Gasteiger partial charge in [-0.25, -0.2) is 0 Å². The van der Waals surface area contributed by atoms with E-state index >= 15 is 0 Å². The summed E-state index contributed by atoms with van der Waals surface area (Å²) < 4.78 is 0. The molecular weight excluding hydrogens is 1140 g/mol. The van der Waals surface area contributed by atoms with Crippen molar-refractivity contribution < 1.29 is 24.3 Å². The number of carbonyl (C=O) groups excluding carboxylic acids is 4. The summed E-state index contributed by atoms with van der Waals surface area (Å²) in [6.45, 7) is 12.0. The molecule has 476 valence electrons. The van der Waals surface area contributed by atoms with Crippen molar-refractivity contribution in [3.8, 4) is 0 Å². The molecule has 7 aromatic carbocycles. The zero-order valence-corrected chi connectivity index (χ0v) is 54.9. The number of aliphatic hydroxyl groups is 1. The maximum Gasteiger partial charge on any atom is 0.160 e. The van der Waals surface area contributed by atoms with Crippen molar-refractivity contribution in [2.45, 2.75) is 123 Å². The number of azide groups is 1. The first-order valence-electron chi connectivity index (χ1n) is 33.0. The van der Waals surface area contributed by atoms with Crippen molar-refractivity contribution >= 4 is 29.7 Å². The number of nitrogens with zero attached hydrogens (tertiary/aromatic N) is 3. The quantitative estimate of drug-likeness (QED) is 0.0452. The molecule has 0 heterocycles. The lowest BCUT2D eigenvalue weighted by molar-refractivity contribution is -0.122. The summed E-state index contributed by atoms with van der Waals surface area (Å²) >= 11 is 0. The molecule has 8 heteroatoms. The number of carbonyl (C=O) groups is 4. The lowest BCUT2D eigenvalue weighted by Crippen LogP contribution is -2.33. The summed E-state index contributed by atoms with van der Waals surface area (Å²) in [5.74, 6) is 5.00. The Morgan fingerprint density at radius 3 is 1.40 bits per heavy atom. The summed E-state index contributed by atoms with van der Waals surface area (Å²) in [5.41, 5.74) is 23.0. The molecule has 0 aromatic heterocycles. The summed E-state index contributed by atoms with van der Waals surface area (Å²) in [7, 11) is 0. The van der Waals surface area contributed by atoms with E-state index in [0.29, 0.717) is 84.7 Å². The topological polar surface area (TPSA) is 137 Å². The van der Waals surface area contributed by atoms with E-state index in [9.17, 15) is 24.3 Å². The normalized spacial score (nSPS) is 23.2. The second-order valence-corrected chi connectivity index (χ2v) is 25.8. The van der Waals surface area contributed by atoms with Crippen LogP contribution in [-0.2, 0) is 27.2 Å². The van der Waals surface area contributed by atoms with Gasteiger partial charge in [0.25, 0.3) is 0 Å². The van der Waals surface area contributed by atoms with Gasteiger partial charge in [0.15, 0.2) is 5.78 Å². The van der Waals surface area contributed by atoms with Crippen LogP contribution in [-0.4, -0.2) is 40.9 Å². The van der Waals surface area contributed by atoms with E-state index in [2.05, 4.69) is 183 Å². The minimum Gasteiger partial charge on any atom is -0.393 e. The second kappa shape index (κ2) is 36.1. The highest BCUT2D eigenvalue weighted by atomic mass is 16.3. The molecule has 1 N–H and O–H groups in total. The van der Waals surface area contributed by atoms with E-state index in [-0.39, 0.29) is 23.7 Å². The van der Waals surface area contributed by atoms with E-state index in [1.807, 2.05) is 117 Å². The van der Waals surface area contributed by atoms with Gasteiger partial charge >= 0.3 is 0 Å². The minimum atomic E-state index is -0.159. The first-order chi connectivity index (χ1) is 45.1. The molecule has 6 aliphatic rings. The molecule has 11 atom stereocenters. The van der Waals surface area contributed by atoms with Crippen LogP contribution < -0.4 is 0 Å². The number of ketones is 3. The molecule has 0 saturated heterocycles. The molecule has 93 heavy (non-hydrogen) atoms. The number of allylic oxidation sites excluding steroid dienone is 13. The number of aryl methyl sites for hydroxylation is 5. The minimum absolute atomic E-state index is 0.114. The largest absolute Gasteiger partial charge is 0.393 e. The number of Topliss-reactive ketones (excluding diaryl/α,β-unsaturated/α-hetero) is 2. The molecule has 0 bridgehead atoms. The highest BCUT2D eigenvalue weighted by Crippen LogP contribution is 2.47. The zero-order valence-electron chi connectivity index (χ0n) is 54.9. The lowest BCUT2D eigenvalue weighted by atomic mass is 9.66. The Morgan fingerprint density at radius 2 is 0.914 bits per heavy atom. The Morgan fingerprint density at radius 1 is 0.484 bits per heavy atom. The molecule has 6 aliphatic carbocycles. The molecule has 7 aromatic rings. The molecule has 11 unspecified atom stereocenters. The highest BCUT2D eigenvalue weighted by Gasteiger charge is 2.38. The Bertz CT molecular complexity index is 3860. The van der Waals surface area contributed by atoms with Crippen LogP contribution in [0, 0.1) is 70.1 Å². The summed E-state index contributed by atoms with van der Waals surface area (Å²) in [6, 6.07) is 61.3. The van der Waals surface area contributed by atoms with E-state index in [1.165, 1.54) is 38.9 Å². The Balaban J connectivity index is 0.000000146. The molecule has 0 radical (unpaired) electrons. The zero-order chi connectivity index (χ0) is 65.9. The van der Waals surface area contributed by atoms with Crippen molar-refractivity contribution in [1.82, 2.24) is 0 Å². The number of benzene rings is 7. The molecule has 3 fully saturated rings. The number of hydrogen-bond acceptors (Lipinski definition) is 6. The van der Waals surface area contributed by atoms with Crippen molar-refractivity contribution in [3.63, 3.8) is 0 Å². The van der Waals surface area contributed by atoms with Crippen molar-refractivity contribution in [2.24, 2.45) is 40.6 Å². The first-order valence-corrected chi connectivity index (χ1v) is 33.0. The molecule has 0 aliphatic heterocycles. The summed E-state index contributed by atoms with van der Waals surface area (Å²) in [6.07, 6.45) is 36.8. The average Bonchev–Trinajstić information content (AvgIpc) is 0.875. The van der Waals surface area contributed by atoms with Gasteiger partial charge in [-0.1, -0.05) is 288 Å². The van der Waals surface area contributed by atoms with Gasteiger partial charge in [0.05, 0.1) is 6.10 Å². The van der Waals surface area contributed by atoms with Crippen LogP contribution in [0.4, 0.5) is 0 Å². The van der Waals surface area contributed by atoms with Gasteiger partial charge in [-0.05, 0) is 172 Å². The van der Waals surface area contributed by atoms with Crippen LogP contribution in [0.2, 0.25) is 0 Å². The SMILES string of the molecule is CC(=O)Cc1ccccc1.Cc1cccc(/C=C/C(=O)Cc2ccccc2)c1.Cc1cccc(C2CC(=O)CC3C=CC=CC32)c1.Cc1cccc(C2CC(N=[N+]=[N-])CC3C=CC=CC32)c1.Cc1cccc(C2CC(O)CC3C=CC=CC32)c1.Cc1cccc(C=O)c1. The molecule has 0 spiro atoms. The van der Waals surface area contributed by atoms with Crippen LogP contribution in [0.1, 0.15) is 135 Å². The van der Waals surface area contributed by atoms with Gasteiger partial charge in [-0.2, -0.15) is 0 Å². The fourth-order valence-corrected chi connectivity index (χ4v) is 13.8. The molecular formula is C85H91N3O5. The smallest absolute Gasteiger partial charge is 0.160 e. The highest BCUT2D eigenvalue weighted by molar-refractivity contribution is 5.95. The molecule has 8 nitrogen and oxygen atoms in total. The Hall–Kier alpha value is -9.33. The van der Waals surface area contributed by atoms with Crippen molar-refractivity contribution in [3.05, 3.63) is 338 Å². The third-order valence-electron chi connectivity index (χ3n) is 18.2. The second-order valence-electron chi connectivity index (χ2n) is 25.8. The van der Waals surface area contributed by atoms with E-state index in [4.69, 9.17) is 5.53 Å². The van der Waals surface area contributed by atoms with E-state index in [1.54, 1.807) is 19.1 Å². The van der Waals surface area contributed by atoms with Gasteiger partial charge in [0, 0.05) is 42.2 Å². The monoisotopic (exact) mass is 1230 g/mol. The van der Waals surface area contributed by atoms with Crippen molar-refractivity contribution in [1.29, 1.82) is 0 Å². The van der Waals surface area contributed by atoms with Crippen LogP contribution >= 0.6 is 0 Å².